The number of nitrogens with zero attached hydrogens (tertiary/aromatic N) is 2. The molecule has 7 heteroatoms. The summed E-state index contributed by atoms with van der Waals surface area (Å²) in [7, 11) is 1.65. The number of aromatic nitrogens is 1. The molecule has 128 valence electrons. The number of non-ortho nitro benzene ring substituents is 1. The molecule has 1 heterocycles. The first kappa shape index (κ1) is 16.7. The topological polar surface area (TPSA) is 86.5 Å². The minimum absolute atomic E-state index is 0.0140. The molecule has 3 aromatic rings. The van der Waals surface area contributed by atoms with Crippen molar-refractivity contribution in [3.05, 3.63) is 64.8 Å². The summed E-state index contributed by atoms with van der Waals surface area (Å²) in [5.41, 5.74) is 0.903. The summed E-state index contributed by atoms with van der Waals surface area (Å²) in [6.45, 7) is 1.23. The van der Waals surface area contributed by atoms with Crippen LogP contribution in [0.2, 0.25) is 0 Å². The fourth-order valence-electron chi connectivity index (χ4n) is 2.46. The second kappa shape index (κ2) is 7.59. The highest BCUT2D eigenvalue weighted by molar-refractivity contribution is 5.97. The number of anilines is 1. The van der Waals surface area contributed by atoms with E-state index in [1.165, 1.54) is 12.1 Å². The van der Waals surface area contributed by atoms with Crippen molar-refractivity contribution in [1.82, 2.24) is 4.98 Å². The van der Waals surface area contributed by atoms with Gasteiger partial charge in [0.25, 0.3) is 5.69 Å². The molecule has 0 aliphatic rings. The van der Waals surface area contributed by atoms with Gasteiger partial charge in [-0.25, -0.2) is 4.98 Å². The lowest BCUT2D eigenvalue weighted by Crippen LogP contribution is -2.08. The van der Waals surface area contributed by atoms with E-state index in [4.69, 9.17) is 9.47 Å². The molecular formula is C18H17N3O4. The van der Waals surface area contributed by atoms with Crippen LogP contribution in [0.3, 0.4) is 0 Å². The van der Waals surface area contributed by atoms with Gasteiger partial charge >= 0.3 is 0 Å². The third kappa shape index (κ3) is 3.84. The van der Waals surface area contributed by atoms with Gasteiger partial charge in [0.2, 0.25) is 5.88 Å². The fourth-order valence-corrected chi connectivity index (χ4v) is 2.46. The van der Waals surface area contributed by atoms with Crippen LogP contribution in [-0.2, 0) is 4.74 Å². The molecule has 1 aromatic heterocycles. The molecule has 0 radical (unpaired) electrons. The Hall–Kier alpha value is -3.19. The van der Waals surface area contributed by atoms with Gasteiger partial charge in [0.15, 0.2) is 0 Å². The summed E-state index contributed by atoms with van der Waals surface area (Å²) < 4.78 is 10.9. The van der Waals surface area contributed by atoms with Gasteiger partial charge in [-0.3, -0.25) is 10.1 Å². The first-order valence-corrected chi connectivity index (χ1v) is 7.72. The maximum absolute atomic E-state index is 10.7. The van der Waals surface area contributed by atoms with Gasteiger partial charge in [0, 0.05) is 37.7 Å². The average molecular weight is 339 g/mol. The van der Waals surface area contributed by atoms with E-state index in [0.717, 1.165) is 16.5 Å². The van der Waals surface area contributed by atoms with Crippen molar-refractivity contribution >= 4 is 22.1 Å². The summed E-state index contributed by atoms with van der Waals surface area (Å²) in [6, 6.07) is 13.7. The van der Waals surface area contributed by atoms with Crippen LogP contribution in [0.25, 0.3) is 10.8 Å². The summed E-state index contributed by atoms with van der Waals surface area (Å²) in [5, 5.41) is 15.9. The van der Waals surface area contributed by atoms with Crippen LogP contribution in [0.5, 0.6) is 11.6 Å². The van der Waals surface area contributed by atoms with E-state index in [9.17, 15) is 10.1 Å². The first-order valence-electron chi connectivity index (χ1n) is 7.72. The normalized spacial score (nSPS) is 10.6. The third-order valence-electron chi connectivity index (χ3n) is 3.64. The van der Waals surface area contributed by atoms with E-state index in [2.05, 4.69) is 10.3 Å². The number of hydrogen-bond acceptors (Lipinski definition) is 6. The van der Waals surface area contributed by atoms with Crippen molar-refractivity contribution in [2.75, 3.05) is 25.6 Å². The molecule has 0 saturated heterocycles. The molecule has 1 N–H and O–H groups in total. The van der Waals surface area contributed by atoms with E-state index in [0.29, 0.717) is 24.8 Å². The molecule has 2 aromatic carbocycles. The molecule has 0 saturated carbocycles. The van der Waals surface area contributed by atoms with Gasteiger partial charge in [-0.05, 0) is 29.7 Å². The van der Waals surface area contributed by atoms with Crippen LogP contribution in [0, 0.1) is 10.1 Å². The Labute approximate surface area is 144 Å². The van der Waals surface area contributed by atoms with Crippen LogP contribution in [0.4, 0.5) is 11.4 Å². The van der Waals surface area contributed by atoms with Crippen LogP contribution in [0.1, 0.15) is 0 Å². The predicted octanol–water partition coefficient (Wildman–Crippen LogP) is 3.99. The summed E-state index contributed by atoms with van der Waals surface area (Å²) in [4.78, 5) is 14.6. The van der Waals surface area contributed by atoms with Gasteiger partial charge in [0.1, 0.15) is 5.75 Å². The monoisotopic (exact) mass is 339 g/mol. The fraction of sp³-hybridized carbons (Fsp3) is 0.167. The molecule has 0 aliphatic heterocycles. The van der Waals surface area contributed by atoms with Crippen LogP contribution in [0.15, 0.2) is 54.7 Å². The largest absolute Gasteiger partial charge is 0.438 e. The standard InChI is InChI=1S/C18H17N3O4/c1-24-12-11-19-16-4-2-3-13-9-10-20-18(17(13)16)25-15-7-5-14(6-8-15)21(22)23/h2-10,19H,11-12H2,1H3. The Balaban J connectivity index is 1.93. The second-order valence-corrected chi connectivity index (χ2v) is 5.29. The Kier molecular flexibility index (Phi) is 5.06. The Bertz CT molecular complexity index is 876. The highest BCUT2D eigenvalue weighted by atomic mass is 16.6. The van der Waals surface area contributed by atoms with Gasteiger partial charge in [-0.1, -0.05) is 12.1 Å². The Morgan fingerprint density at radius 2 is 1.96 bits per heavy atom. The summed E-state index contributed by atoms with van der Waals surface area (Å²) in [6.07, 6.45) is 1.67. The number of fused-ring (bicyclic) bond motifs is 1. The number of hydrogen-bond donors (Lipinski definition) is 1. The summed E-state index contributed by atoms with van der Waals surface area (Å²) in [5.74, 6) is 0.921. The maximum atomic E-state index is 10.7. The van der Waals surface area contributed by atoms with Crippen LogP contribution < -0.4 is 10.1 Å². The van der Waals surface area contributed by atoms with E-state index in [1.54, 1.807) is 25.4 Å². The van der Waals surface area contributed by atoms with Crippen molar-refractivity contribution < 1.29 is 14.4 Å². The zero-order chi connectivity index (χ0) is 17.6. The number of nitro benzene ring substituents is 1. The highest BCUT2D eigenvalue weighted by Gasteiger charge is 2.11. The molecule has 0 amide bonds. The van der Waals surface area contributed by atoms with E-state index in [1.807, 2.05) is 24.3 Å². The first-order chi connectivity index (χ1) is 12.2. The van der Waals surface area contributed by atoms with E-state index < -0.39 is 4.92 Å². The number of ether oxygens (including phenoxy) is 2. The number of nitro groups is 1. The summed E-state index contributed by atoms with van der Waals surface area (Å²) >= 11 is 0. The molecule has 0 atom stereocenters. The number of methoxy groups -OCH3 is 1. The lowest BCUT2D eigenvalue weighted by atomic mass is 10.1. The predicted molar refractivity (Wildman–Crippen MR) is 95.3 cm³/mol. The number of pyridine rings is 1. The second-order valence-electron chi connectivity index (χ2n) is 5.29. The molecule has 0 aliphatic carbocycles. The lowest BCUT2D eigenvalue weighted by molar-refractivity contribution is -0.384. The SMILES string of the molecule is COCCNc1cccc2ccnc(Oc3ccc([N+](=O)[O-])cc3)c12. The Morgan fingerprint density at radius 3 is 2.68 bits per heavy atom. The van der Waals surface area contributed by atoms with Crippen LogP contribution in [-0.4, -0.2) is 30.2 Å². The smallest absolute Gasteiger partial charge is 0.269 e. The molecule has 0 bridgehead atoms. The van der Waals surface area contributed by atoms with Crippen molar-refractivity contribution in [3.8, 4) is 11.6 Å². The Morgan fingerprint density at radius 1 is 1.16 bits per heavy atom. The number of rotatable bonds is 7. The average Bonchev–Trinajstić information content (AvgIpc) is 2.62. The molecule has 25 heavy (non-hydrogen) atoms. The van der Waals surface area contributed by atoms with Gasteiger partial charge in [0.05, 0.1) is 16.9 Å². The van der Waals surface area contributed by atoms with Gasteiger partial charge in [-0.15, -0.1) is 0 Å². The maximum Gasteiger partial charge on any atom is 0.269 e. The van der Waals surface area contributed by atoms with Gasteiger partial charge in [-0.2, -0.15) is 0 Å². The highest BCUT2D eigenvalue weighted by Crippen LogP contribution is 2.33. The molecular weight excluding hydrogens is 322 g/mol. The molecule has 7 nitrogen and oxygen atoms in total. The quantitative estimate of drug-likeness (QED) is 0.398. The van der Waals surface area contributed by atoms with Crippen molar-refractivity contribution in [2.24, 2.45) is 0 Å². The molecule has 3 rings (SSSR count). The lowest BCUT2D eigenvalue weighted by Gasteiger charge is -2.13. The van der Waals surface area contributed by atoms with Crippen molar-refractivity contribution in [2.45, 2.75) is 0 Å². The molecule has 0 spiro atoms. The minimum atomic E-state index is -0.447. The number of nitrogens with one attached hydrogen (secondary N) is 1. The van der Waals surface area contributed by atoms with E-state index >= 15 is 0 Å². The molecule has 0 fully saturated rings. The molecule has 0 unspecified atom stereocenters. The van der Waals surface area contributed by atoms with E-state index in [-0.39, 0.29) is 5.69 Å². The van der Waals surface area contributed by atoms with Crippen LogP contribution >= 0.6 is 0 Å². The zero-order valence-corrected chi connectivity index (χ0v) is 13.6. The van der Waals surface area contributed by atoms with Crippen molar-refractivity contribution in [1.29, 1.82) is 0 Å². The van der Waals surface area contributed by atoms with Gasteiger partial charge < -0.3 is 14.8 Å². The van der Waals surface area contributed by atoms with Crippen molar-refractivity contribution in [3.63, 3.8) is 0 Å². The zero-order valence-electron chi connectivity index (χ0n) is 13.6. The third-order valence-corrected chi connectivity index (χ3v) is 3.64. The minimum Gasteiger partial charge on any atom is -0.438 e. The number of benzene rings is 2.